The summed E-state index contributed by atoms with van der Waals surface area (Å²) in [5, 5.41) is 12.0. The molecular formula is C20H15BrN2O3. The van der Waals surface area contributed by atoms with Crippen LogP contribution < -0.4 is 14.8 Å². The Bertz CT molecular complexity index is 909. The molecule has 0 saturated carbocycles. The van der Waals surface area contributed by atoms with Crippen LogP contribution in [0.3, 0.4) is 0 Å². The summed E-state index contributed by atoms with van der Waals surface area (Å²) in [4.78, 5) is 12.3. The van der Waals surface area contributed by atoms with Gasteiger partial charge >= 0.3 is 0 Å². The first-order chi connectivity index (χ1) is 12.6. The van der Waals surface area contributed by atoms with Gasteiger partial charge in [0.25, 0.3) is 5.91 Å². The molecule has 0 heterocycles. The normalized spacial score (nSPS) is 10.4. The van der Waals surface area contributed by atoms with Gasteiger partial charge in [-0.1, -0.05) is 24.1 Å². The highest BCUT2D eigenvalue weighted by Gasteiger charge is 2.14. The lowest BCUT2D eigenvalue weighted by Crippen LogP contribution is -2.13. The minimum atomic E-state index is -0.499. The first-order valence-electron chi connectivity index (χ1n) is 7.51. The first-order valence-corrected chi connectivity index (χ1v) is 8.30. The van der Waals surface area contributed by atoms with Crippen molar-refractivity contribution in [2.24, 2.45) is 0 Å². The van der Waals surface area contributed by atoms with Crippen molar-refractivity contribution in [3.05, 3.63) is 58.1 Å². The zero-order chi connectivity index (χ0) is 18.9. The number of anilines is 1. The highest BCUT2D eigenvalue weighted by atomic mass is 79.9. The average Bonchev–Trinajstić information content (AvgIpc) is 2.65. The Kier molecular flexibility index (Phi) is 6.84. The Balaban J connectivity index is 2.31. The van der Waals surface area contributed by atoms with Crippen LogP contribution in [0.25, 0.3) is 6.08 Å². The lowest BCUT2D eigenvalue weighted by atomic mass is 10.1. The number of rotatable bonds is 6. The molecule has 0 saturated heterocycles. The summed E-state index contributed by atoms with van der Waals surface area (Å²) in [5.41, 5.74) is 1.16. The van der Waals surface area contributed by atoms with Crippen LogP contribution >= 0.6 is 15.9 Å². The molecule has 5 nitrogen and oxygen atoms in total. The van der Waals surface area contributed by atoms with Crippen molar-refractivity contribution >= 4 is 33.6 Å². The highest BCUT2D eigenvalue weighted by Crippen LogP contribution is 2.37. The van der Waals surface area contributed by atoms with E-state index in [1.54, 1.807) is 36.4 Å². The van der Waals surface area contributed by atoms with Crippen molar-refractivity contribution in [1.29, 1.82) is 5.26 Å². The van der Waals surface area contributed by atoms with Crippen molar-refractivity contribution in [2.45, 2.75) is 0 Å². The second kappa shape index (κ2) is 9.31. The quantitative estimate of drug-likeness (QED) is 0.443. The van der Waals surface area contributed by atoms with E-state index >= 15 is 0 Å². The van der Waals surface area contributed by atoms with Crippen LogP contribution in [0.4, 0.5) is 5.69 Å². The molecule has 0 fully saturated rings. The summed E-state index contributed by atoms with van der Waals surface area (Å²) in [6.45, 7) is 0.0904. The standard InChI is InChI=1S/C20H15BrN2O3/c1-3-9-26-19-17(21)11-14(12-18(19)25-2)10-15(13-22)20(24)23-16-7-5-4-6-8-16/h1,4-8,10-12H,9H2,2H3,(H,23,24)/b15-10-. The van der Waals surface area contributed by atoms with E-state index in [0.29, 0.717) is 27.2 Å². The van der Waals surface area contributed by atoms with E-state index in [2.05, 4.69) is 27.2 Å². The highest BCUT2D eigenvalue weighted by molar-refractivity contribution is 9.10. The Hall–Kier alpha value is -3.22. The number of terminal acetylenes is 1. The third-order valence-electron chi connectivity index (χ3n) is 3.26. The molecule has 130 valence electrons. The molecule has 26 heavy (non-hydrogen) atoms. The molecule has 0 bridgehead atoms. The molecule has 0 aliphatic rings. The summed E-state index contributed by atoms with van der Waals surface area (Å²) < 4.78 is 11.3. The fraction of sp³-hybridized carbons (Fsp3) is 0.100. The number of halogens is 1. The topological polar surface area (TPSA) is 71.3 Å². The second-order valence-corrected chi connectivity index (χ2v) is 5.87. The molecule has 0 atom stereocenters. The van der Waals surface area contributed by atoms with Crippen molar-refractivity contribution in [2.75, 3.05) is 19.0 Å². The molecule has 0 unspecified atom stereocenters. The number of benzene rings is 2. The van der Waals surface area contributed by atoms with Gasteiger partial charge in [0.1, 0.15) is 18.2 Å². The molecule has 2 aromatic rings. The van der Waals surface area contributed by atoms with E-state index < -0.39 is 5.91 Å². The maximum absolute atomic E-state index is 12.3. The van der Waals surface area contributed by atoms with E-state index in [1.165, 1.54) is 13.2 Å². The van der Waals surface area contributed by atoms with E-state index in [4.69, 9.17) is 15.9 Å². The summed E-state index contributed by atoms with van der Waals surface area (Å²) in [6, 6.07) is 14.2. The van der Waals surface area contributed by atoms with Crippen molar-refractivity contribution < 1.29 is 14.3 Å². The van der Waals surface area contributed by atoms with Crippen molar-refractivity contribution in [3.63, 3.8) is 0 Å². The third-order valence-corrected chi connectivity index (χ3v) is 3.85. The number of methoxy groups -OCH3 is 1. The minimum Gasteiger partial charge on any atom is -0.493 e. The Morgan fingerprint density at radius 2 is 2.08 bits per heavy atom. The Morgan fingerprint density at radius 3 is 2.69 bits per heavy atom. The fourth-order valence-electron chi connectivity index (χ4n) is 2.11. The zero-order valence-electron chi connectivity index (χ0n) is 14.0. The molecule has 0 spiro atoms. The third kappa shape index (κ3) is 4.89. The summed E-state index contributed by atoms with van der Waals surface area (Å²) in [5.74, 6) is 2.77. The van der Waals surface area contributed by atoms with Crippen LogP contribution in [0.1, 0.15) is 5.56 Å². The van der Waals surface area contributed by atoms with Crippen LogP contribution in [-0.2, 0) is 4.79 Å². The number of nitriles is 1. The summed E-state index contributed by atoms with van der Waals surface area (Å²) in [7, 11) is 1.49. The summed E-state index contributed by atoms with van der Waals surface area (Å²) in [6.07, 6.45) is 6.68. The van der Waals surface area contributed by atoms with Gasteiger partial charge in [0, 0.05) is 5.69 Å². The van der Waals surface area contributed by atoms with E-state index in [-0.39, 0.29) is 12.2 Å². The average molecular weight is 411 g/mol. The van der Waals surface area contributed by atoms with Gasteiger partial charge in [-0.05, 0) is 51.8 Å². The lowest BCUT2D eigenvalue weighted by molar-refractivity contribution is -0.112. The molecule has 6 heteroatoms. The number of amides is 1. The molecular weight excluding hydrogens is 396 g/mol. The molecule has 2 rings (SSSR count). The van der Waals surface area contributed by atoms with Gasteiger partial charge in [-0.15, -0.1) is 6.42 Å². The molecule has 1 amide bonds. The molecule has 1 N–H and O–H groups in total. The number of hydrogen-bond donors (Lipinski definition) is 1. The van der Waals surface area contributed by atoms with Gasteiger partial charge in [-0.2, -0.15) is 5.26 Å². The molecule has 2 aromatic carbocycles. The van der Waals surface area contributed by atoms with Gasteiger partial charge < -0.3 is 14.8 Å². The molecule has 0 aliphatic heterocycles. The number of hydrogen-bond acceptors (Lipinski definition) is 4. The number of nitrogens with one attached hydrogen (secondary N) is 1. The fourth-order valence-corrected chi connectivity index (χ4v) is 2.69. The van der Waals surface area contributed by atoms with E-state index in [0.717, 1.165) is 0 Å². The van der Waals surface area contributed by atoms with E-state index in [1.807, 2.05) is 12.1 Å². The van der Waals surface area contributed by atoms with Crippen LogP contribution in [-0.4, -0.2) is 19.6 Å². The van der Waals surface area contributed by atoms with Crippen LogP contribution in [0, 0.1) is 23.7 Å². The second-order valence-electron chi connectivity index (χ2n) is 5.02. The SMILES string of the molecule is C#CCOc1c(Br)cc(/C=C(/C#N)C(=O)Nc2ccccc2)cc1OC. The molecule has 0 aromatic heterocycles. The van der Waals surface area contributed by atoms with Gasteiger partial charge in [-0.25, -0.2) is 0 Å². The number of nitrogens with zero attached hydrogens (tertiary/aromatic N) is 1. The van der Waals surface area contributed by atoms with Gasteiger partial charge in [0.15, 0.2) is 11.5 Å². The van der Waals surface area contributed by atoms with Crippen molar-refractivity contribution in [3.8, 4) is 29.9 Å². The van der Waals surface area contributed by atoms with Gasteiger partial charge in [0.05, 0.1) is 11.6 Å². The predicted molar refractivity (Wildman–Crippen MR) is 104 cm³/mol. The molecule has 0 radical (unpaired) electrons. The van der Waals surface area contributed by atoms with Crippen LogP contribution in [0.5, 0.6) is 11.5 Å². The number of carbonyl (C=O) groups excluding carboxylic acids is 1. The number of para-hydroxylation sites is 1. The number of carbonyl (C=O) groups is 1. The number of ether oxygens (including phenoxy) is 2. The van der Waals surface area contributed by atoms with Crippen LogP contribution in [0.2, 0.25) is 0 Å². The Labute approximate surface area is 160 Å². The zero-order valence-corrected chi connectivity index (χ0v) is 15.5. The van der Waals surface area contributed by atoms with E-state index in [9.17, 15) is 10.1 Å². The Morgan fingerprint density at radius 1 is 1.35 bits per heavy atom. The van der Waals surface area contributed by atoms with Crippen LogP contribution in [0.15, 0.2) is 52.5 Å². The predicted octanol–water partition coefficient (Wildman–Crippen LogP) is 4.02. The molecule has 0 aliphatic carbocycles. The minimum absolute atomic E-state index is 0.0416. The maximum Gasteiger partial charge on any atom is 0.266 e. The van der Waals surface area contributed by atoms with Gasteiger partial charge in [0.2, 0.25) is 0 Å². The summed E-state index contributed by atoms with van der Waals surface area (Å²) >= 11 is 3.39. The van der Waals surface area contributed by atoms with Gasteiger partial charge in [-0.3, -0.25) is 4.79 Å². The lowest BCUT2D eigenvalue weighted by Gasteiger charge is -2.12. The first kappa shape index (κ1) is 19.1. The van der Waals surface area contributed by atoms with Crippen molar-refractivity contribution in [1.82, 2.24) is 0 Å². The smallest absolute Gasteiger partial charge is 0.266 e. The largest absolute Gasteiger partial charge is 0.493 e. The maximum atomic E-state index is 12.3. The monoisotopic (exact) mass is 410 g/mol.